The van der Waals surface area contributed by atoms with Gasteiger partial charge in [-0.25, -0.2) is 0 Å². The Balaban J connectivity index is 1.67. The molecular formula is C21H18N2. The van der Waals surface area contributed by atoms with Gasteiger partial charge in [-0.15, -0.1) is 0 Å². The molecule has 1 fully saturated rings. The molecule has 0 aliphatic heterocycles. The number of fused-ring (bicyclic) bond motifs is 3. The predicted octanol–water partition coefficient (Wildman–Crippen LogP) is 4.31. The van der Waals surface area contributed by atoms with Crippen molar-refractivity contribution in [1.29, 1.82) is 0 Å². The number of aromatic nitrogens is 1. The van der Waals surface area contributed by atoms with E-state index in [2.05, 4.69) is 53.5 Å². The molecule has 0 atom stereocenters. The summed E-state index contributed by atoms with van der Waals surface area (Å²) in [5.74, 6) is 0. The Morgan fingerprint density at radius 2 is 1.70 bits per heavy atom. The van der Waals surface area contributed by atoms with Crippen LogP contribution in [0.1, 0.15) is 35.2 Å². The second-order valence-corrected chi connectivity index (χ2v) is 6.68. The van der Waals surface area contributed by atoms with Gasteiger partial charge in [0.2, 0.25) is 0 Å². The third kappa shape index (κ3) is 1.72. The Labute approximate surface area is 136 Å². The Hall–Kier alpha value is -2.61. The van der Waals surface area contributed by atoms with E-state index in [9.17, 15) is 0 Å². The van der Waals surface area contributed by atoms with E-state index in [1.165, 1.54) is 27.8 Å². The highest BCUT2D eigenvalue weighted by Gasteiger charge is 2.48. The molecular weight excluding hydrogens is 280 g/mol. The van der Waals surface area contributed by atoms with Gasteiger partial charge in [0.15, 0.2) is 0 Å². The van der Waals surface area contributed by atoms with Gasteiger partial charge < -0.3 is 5.73 Å². The molecule has 2 aromatic carbocycles. The van der Waals surface area contributed by atoms with Crippen molar-refractivity contribution < 1.29 is 0 Å². The zero-order valence-electron chi connectivity index (χ0n) is 12.9. The molecule has 1 aromatic heterocycles. The molecule has 0 bridgehead atoms. The summed E-state index contributed by atoms with van der Waals surface area (Å²) >= 11 is 0. The lowest BCUT2D eigenvalue weighted by molar-refractivity contribution is 0.805. The molecule has 2 N–H and O–H groups in total. The van der Waals surface area contributed by atoms with Crippen LogP contribution in [0.15, 0.2) is 60.8 Å². The Bertz CT molecular complexity index is 908. The topological polar surface area (TPSA) is 38.9 Å². The molecule has 112 valence electrons. The molecule has 2 nitrogen and oxygen atoms in total. The molecule has 0 unspecified atom stereocenters. The van der Waals surface area contributed by atoms with Crippen LogP contribution in [0, 0.1) is 0 Å². The minimum Gasteiger partial charge on any atom is -0.398 e. The third-order valence-corrected chi connectivity index (χ3v) is 5.45. The van der Waals surface area contributed by atoms with Gasteiger partial charge in [0.1, 0.15) is 0 Å². The molecule has 1 saturated carbocycles. The van der Waals surface area contributed by atoms with Crippen molar-refractivity contribution in [2.45, 2.75) is 24.7 Å². The van der Waals surface area contributed by atoms with Crippen molar-refractivity contribution in [3.8, 4) is 11.1 Å². The van der Waals surface area contributed by atoms with Crippen LogP contribution in [0.25, 0.3) is 11.1 Å². The summed E-state index contributed by atoms with van der Waals surface area (Å²) in [7, 11) is 0. The van der Waals surface area contributed by atoms with Crippen LogP contribution >= 0.6 is 0 Å². The molecule has 2 aliphatic carbocycles. The zero-order valence-corrected chi connectivity index (χ0v) is 12.9. The lowest BCUT2D eigenvalue weighted by Crippen LogP contribution is -2.14. The van der Waals surface area contributed by atoms with Gasteiger partial charge >= 0.3 is 0 Å². The minimum absolute atomic E-state index is 0.0369. The van der Waals surface area contributed by atoms with E-state index in [1.54, 1.807) is 0 Å². The van der Waals surface area contributed by atoms with Gasteiger partial charge in [-0.05, 0) is 52.8 Å². The molecule has 2 aliphatic rings. The lowest BCUT2D eigenvalue weighted by Gasteiger charge is -2.20. The van der Waals surface area contributed by atoms with E-state index in [4.69, 9.17) is 5.73 Å². The van der Waals surface area contributed by atoms with Gasteiger partial charge in [-0.2, -0.15) is 0 Å². The number of hydrogen-bond acceptors (Lipinski definition) is 2. The van der Waals surface area contributed by atoms with E-state index < -0.39 is 0 Å². The van der Waals surface area contributed by atoms with Gasteiger partial charge in [0, 0.05) is 23.7 Å². The minimum atomic E-state index is 0.0369. The first-order valence-electron chi connectivity index (χ1n) is 8.21. The van der Waals surface area contributed by atoms with Crippen molar-refractivity contribution in [3.05, 3.63) is 83.2 Å². The summed E-state index contributed by atoms with van der Waals surface area (Å²) in [6.07, 6.45) is 5.11. The van der Waals surface area contributed by atoms with Crippen molar-refractivity contribution in [1.82, 2.24) is 4.98 Å². The lowest BCUT2D eigenvalue weighted by atomic mass is 9.87. The number of nitrogens with zero attached hydrogens (tertiary/aromatic N) is 1. The van der Waals surface area contributed by atoms with E-state index in [1.807, 2.05) is 12.3 Å². The zero-order chi connectivity index (χ0) is 15.4. The highest BCUT2D eigenvalue weighted by molar-refractivity contribution is 5.83. The van der Waals surface area contributed by atoms with Crippen molar-refractivity contribution in [2.24, 2.45) is 0 Å². The SMILES string of the molecule is Nc1c(C2(c3ccccn3)CC2)ccc2c1Cc1ccccc1-2. The molecule has 0 saturated heterocycles. The van der Waals surface area contributed by atoms with Gasteiger partial charge in [-0.1, -0.05) is 42.5 Å². The maximum atomic E-state index is 6.65. The fraction of sp³-hybridized carbons (Fsp3) is 0.190. The summed E-state index contributed by atoms with van der Waals surface area (Å²) in [5.41, 5.74) is 15.4. The van der Waals surface area contributed by atoms with Crippen LogP contribution in [-0.2, 0) is 11.8 Å². The Morgan fingerprint density at radius 1 is 0.870 bits per heavy atom. The normalized spacial score (nSPS) is 16.7. The molecule has 0 amide bonds. The first kappa shape index (κ1) is 12.9. The molecule has 1 heterocycles. The third-order valence-electron chi connectivity index (χ3n) is 5.45. The van der Waals surface area contributed by atoms with Crippen LogP contribution in [-0.4, -0.2) is 4.98 Å². The van der Waals surface area contributed by atoms with Crippen LogP contribution in [0.2, 0.25) is 0 Å². The number of pyridine rings is 1. The number of rotatable bonds is 2. The van der Waals surface area contributed by atoms with Crippen LogP contribution in [0.4, 0.5) is 5.69 Å². The molecule has 0 radical (unpaired) electrons. The second-order valence-electron chi connectivity index (χ2n) is 6.68. The molecule has 3 aromatic rings. The van der Waals surface area contributed by atoms with Gasteiger partial charge in [-0.3, -0.25) is 4.98 Å². The summed E-state index contributed by atoms with van der Waals surface area (Å²) in [6.45, 7) is 0. The first-order chi connectivity index (χ1) is 11.3. The number of benzene rings is 2. The maximum absolute atomic E-state index is 6.65. The standard InChI is InChI=1S/C21H18N2/c22-20-17-13-14-5-1-2-6-15(14)16(17)8-9-18(20)21(10-11-21)19-7-3-4-12-23-19/h1-9,12H,10-11,13,22H2. The summed E-state index contributed by atoms with van der Waals surface area (Å²) in [6, 6.07) is 19.3. The highest BCUT2D eigenvalue weighted by Crippen LogP contribution is 2.56. The number of hydrogen-bond donors (Lipinski definition) is 1. The van der Waals surface area contributed by atoms with Crippen molar-refractivity contribution >= 4 is 5.69 Å². The number of anilines is 1. The van der Waals surface area contributed by atoms with E-state index in [-0.39, 0.29) is 5.41 Å². The van der Waals surface area contributed by atoms with Crippen molar-refractivity contribution in [3.63, 3.8) is 0 Å². The average molecular weight is 298 g/mol. The van der Waals surface area contributed by atoms with Gasteiger partial charge in [0.25, 0.3) is 0 Å². The predicted molar refractivity (Wildman–Crippen MR) is 93.3 cm³/mol. The Morgan fingerprint density at radius 3 is 2.48 bits per heavy atom. The fourth-order valence-electron chi connectivity index (χ4n) is 4.09. The monoisotopic (exact) mass is 298 g/mol. The van der Waals surface area contributed by atoms with Crippen LogP contribution in [0.3, 0.4) is 0 Å². The van der Waals surface area contributed by atoms with Crippen molar-refractivity contribution in [2.75, 3.05) is 5.73 Å². The summed E-state index contributed by atoms with van der Waals surface area (Å²) in [5, 5.41) is 0. The summed E-state index contributed by atoms with van der Waals surface area (Å²) in [4.78, 5) is 4.61. The molecule has 23 heavy (non-hydrogen) atoms. The second kappa shape index (κ2) is 4.45. The molecule has 0 spiro atoms. The summed E-state index contributed by atoms with van der Waals surface area (Å²) < 4.78 is 0. The smallest absolute Gasteiger partial charge is 0.0510 e. The number of nitrogens with two attached hydrogens (primary N) is 1. The average Bonchev–Trinajstić information content (AvgIpc) is 3.31. The Kier molecular flexibility index (Phi) is 2.49. The van der Waals surface area contributed by atoms with Gasteiger partial charge in [0.05, 0.1) is 5.69 Å². The van der Waals surface area contributed by atoms with E-state index in [0.29, 0.717) is 0 Å². The number of nitrogen functional groups attached to an aromatic ring is 1. The van der Waals surface area contributed by atoms with E-state index in [0.717, 1.165) is 30.6 Å². The maximum Gasteiger partial charge on any atom is 0.0510 e. The molecule has 2 heteroatoms. The van der Waals surface area contributed by atoms with Crippen LogP contribution in [0.5, 0.6) is 0 Å². The largest absolute Gasteiger partial charge is 0.398 e. The van der Waals surface area contributed by atoms with E-state index >= 15 is 0 Å². The first-order valence-corrected chi connectivity index (χ1v) is 8.21. The molecule has 5 rings (SSSR count). The fourth-order valence-corrected chi connectivity index (χ4v) is 4.09. The van der Waals surface area contributed by atoms with Crippen LogP contribution < -0.4 is 5.73 Å². The quantitative estimate of drug-likeness (QED) is 0.560. The highest BCUT2D eigenvalue weighted by atomic mass is 14.7.